The lowest BCUT2D eigenvalue weighted by atomic mass is 9.50. The van der Waals surface area contributed by atoms with Crippen molar-refractivity contribution in [3.8, 4) is 22.3 Å². The third-order valence-electron chi connectivity index (χ3n) is 17.6. The van der Waals surface area contributed by atoms with Crippen molar-refractivity contribution in [3.63, 3.8) is 0 Å². The summed E-state index contributed by atoms with van der Waals surface area (Å²) in [6, 6.07) is 78.0. The number of anilines is 3. The summed E-state index contributed by atoms with van der Waals surface area (Å²) < 4.78 is 6.53. The second-order valence-electron chi connectivity index (χ2n) is 21.4. The summed E-state index contributed by atoms with van der Waals surface area (Å²) in [4.78, 5) is 2.42. The molecule has 0 saturated heterocycles. The average molecular weight is 936 g/mol. The molecule has 5 aliphatic carbocycles. The number of benzene rings is 9. The Balaban J connectivity index is 0.901. The third-order valence-corrected chi connectivity index (χ3v) is 17.6. The van der Waals surface area contributed by atoms with Crippen LogP contribution in [0.25, 0.3) is 44.2 Å². The van der Waals surface area contributed by atoms with E-state index in [0.717, 1.165) is 51.8 Å². The number of fused-ring (bicyclic) bond motifs is 15. The lowest BCUT2D eigenvalue weighted by molar-refractivity contribution is 0.394. The van der Waals surface area contributed by atoms with Crippen LogP contribution in [-0.2, 0) is 16.2 Å². The molecule has 5 aliphatic rings. The third kappa shape index (κ3) is 5.81. The molecule has 0 fully saturated rings. The summed E-state index contributed by atoms with van der Waals surface area (Å²) in [5.74, 6) is 0.812. The summed E-state index contributed by atoms with van der Waals surface area (Å²) in [6.45, 7) is 4.83. The van der Waals surface area contributed by atoms with Gasteiger partial charge in [0, 0.05) is 39.8 Å². The van der Waals surface area contributed by atoms with E-state index < -0.39 is 10.8 Å². The van der Waals surface area contributed by atoms with Crippen LogP contribution in [0.1, 0.15) is 82.7 Å². The highest BCUT2D eigenvalue weighted by Crippen LogP contribution is 2.65. The van der Waals surface area contributed by atoms with Crippen molar-refractivity contribution >= 4 is 39.0 Å². The molecule has 0 bridgehead atoms. The molecule has 2 unspecified atom stereocenters. The largest absolute Gasteiger partial charge is 0.456 e. The molecule has 10 aromatic rings. The Morgan fingerprint density at radius 1 is 0.452 bits per heavy atom. The first kappa shape index (κ1) is 42.2. The van der Waals surface area contributed by atoms with Crippen LogP contribution in [-0.4, -0.2) is 0 Å². The molecule has 348 valence electrons. The molecule has 9 aromatic carbocycles. The molecule has 0 saturated carbocycles. The van der Waals surface area contributed by atoms with Gasteiger partial charge in [-0.05, 0) is 145 Å². The van der Waals surface area contributed by atoms with Gasteiger partial charge in [-0.25, -0.2) is 0 Å². The number of rotatable bonds is 6. The molecular weight excluding hydrogens is 883 g/mol. The van der Waals surface area contributed by atoms with E-state index in [2.05, 4.69) is 261 Å². The van der Waals surface area contributed by atoms with Gasteiger partial charge in [-0.1, -0.05) is 214 Å². The molecule has 2 atom stereocenters. The molecule has 1 heterocycles. The fourth-order valence-electron chi connectivity index (χ4n) is 14.5. The molecular formula is C71H53NO. The molecule has 0 aliphatic heterocycles. The SMILES string of the molecule is CC1(C)c2cc(N(c3ccc(-c4ccc5c(c4)C4(c6ccccc6-5)c5ccccc5C(C5=CC=CCC5)(c5ccccc5)c5ccccc54)cc3)c3ccc4c(c3)oc3ccccc34)ccc2C2C=CC=CC21. The Kier molecular flexibility index (Phi) is 9.12. The van der Waals surface area contributed by atoms with Crippen LogP contribution in [0.4, 0.5) is 17.1 Å². The van der Waals surface area contributed by atoms with Gasteiger partial charge in [0.1, 0.15) is 11.2 Å². The van der Waals surface area contributed by atoms with Crippen LogP contribution >= 0.6 is 0 Å². The standard InChI is InChI=1S/C71H53NO/c1-69(2)59-26-12-9-23-53(59)55-41-38-51(44-65(55)69)72(52-39-42-58-57-25-11-18-32-67(57)73-68(58)45-52)50-36-33-46(34-37-50)47-35-40-56-54-24-10-13-27-60(54)71(66(56)43-47)63-30-16-14-28-61(63)70(48-19-5-3-6-20-48,49-21-7-4-8-22-49)62-29-15-17-31-64(62)71/h3-7,9-21,23-45,53,59H,8,22H2,1-2H3. The summed E-state index contributed by atoms with van der Waals surface area (Å²) in [5, 5.41) is 2.26. The topological polar surface area (TPSA) is 16.4 Å². The van der Waals surface area contributed by atoms with Gasteiger partial charge in [-0.15, -0.1) is 0 Å². The fourth-order valence-corrected chi connectivity index (χ4v) is 14.5. The minimum absolute atomic E-state index is 0.0209. The van der Waals surface area contributed by atoms with Crippen molar-refractivity contribution in [2.45, 2.75) is 48.9 Å². The summed E-state index contributed by atoms with van der Waals surface area (Å²) in [6.07, 6.45) is 18.3. The highest BCUT2D eigenvalue weighted by Gasteiger charge is 2.57. The second-order valence-corrected chi connectivity index (χ2v) is 21.4. The van der Waals surface area contributed by atoms with E-state index in [9.17, 15) is 0 Å². The van der Waals surface area contributed by atoms with Crippen LogP contribution in [0, 0.1) is 5.92 Å². The molecule has 0 radical (unpaired) electrons. The van der Waals surface area contributed by atoms with Gasteiger partial charge in [0.2, 0.25) is 0 Å². The maximum absolute atomic E-state index is 6.53. The second kappa shape index (κ2) is 15.8. The Labute approximate surface area is 427 Å². The van der Waals surface area contributed by atoms with Gasteiger partial charge in [0.25, 0.3) is 0 Å². The van der Waals surface area contributed by atoms with Gasteiger partial charge in [-0.3, -0.25) is 0 Å². The van der Waals surface area contributed by atoms with Crippen molar-refractivity contribution in [1.82, 2.24) is 0 Å². The smallest absolute Gasteiger partial charge is 0.137 e. The number of hydrogen-bond donors (Lipinski definition) is 0. The summed E-state index contributed by atoms with van der Waals surface area (Å²) >= 11 is 0. The average Bonchev–Trinajstić information content (AvgIpc) is 4.05. The number of nitrogens with zero attached hydrogens (tertiary/aromatic N) is 1. The van der Waals surface area contributed by atoms with E-state index in [4.69, 9.17) is 4.42 Å². The van der Waals surface area contributed by atoms with Gasteiger partial charge in [-0.2, -0.15) is 0 Å². The number of furan rings is 1. The van der Waals surface area contributed by atoms with Gasteiger partial charge < -0.3 is 9.32 Å². The molecule has 0 N–H and O–H groups in total. The molecule has 0 amide bonds. The number of para-hydroxylation sites is 1. The van der Waals surface area contributed by atoms with Crippen LogP contribution in [0.3, 0.4) is 0 Å². The Morgan fingerprint density at radius 2 is 1.07 bits per heavy atom. The van der Waals surface area contributed by atoms with E-state index in [1.807, 2.05) is 6.07 Å². The number of hydrogen-bond acceptors (Lipinski definition) is 2. The van der Waals surface area contributed by atoms with E-state index >= 15 is 0 Å². The fraction of sp³-hybridized carbons (Fsp3) is 0.127. The molecule has 2 heteroatoms. The number of allylic oxidation sites excluding steroid dienone is 8. The van der Waals surface area contributed by atoms with Crippen LogP contribution in [0.2, 0.25) is 0 Å². The highest BCUT2D eigenvalue weighted by atomic mass is 16.3. The van der Waals surface area contributed by atoms with E-state index in [1.165, 1.54) is 77.9 Å². The molecule has 2 nitrogen and oxygen atoms in total. The van der Waals surface area contributed by atoms with Crippen LogP contribution in [0.15, 0.2) is 259 Å². The Bertz CT molecular complexity index is 3980. The lowest BCUT2D eigenvalue weighted by Gasteiger charge is -2.51. The zero-order valence-electron chi connectivity index (χ0n) is 41.1. The quantitative estimate of drug-likeness (QED) is 0.165. The van der Waals surface area contributed by atoms with Crippen molar-refractivity contribution in [1.29, 1.82) is 0 Å². The molecule has 73 heavy (non-hydrogen) atoms. The Hall–Kier alpha value is -8.46. The van der Waals surface area contributed by atoms with Crippen molar-refractivity contribution in [3.05, 3.63) is 304 Å². The van der Waals surface area contributed by atoms with Crippen molar-refractivity contribution in [2.24, 2.45) is 5.92 Å². The minimum Gasteiger partial charge on any atom is -0.456 e. The van der Waals surface area contributed by atoms with E-state index in [0.29, 0.717) is 11.8 Å². The molecule has 1 spiro atoms. The molecule has 1 aromatic heterocycles. The van der Waals surface area contributed by atoms with E-state index in [-0.39, 0.29) is 5.41 Å². The first-order valence-corrected chi connectivity index (χ1v) is 26.1. The first-order chi connectivity index (χ1) is 36.0. The van der Waals surface area contributed by atoms with Crippen molar-refractivity contribution < 1.29 is 4.42 Å². The zero-order valence-corrected chi connectivity index (χ0v) is 41.1. The van der Waals surface area contributed by atoms with E-state index in [1.54, 1.807) is 0 Å². The van der Waals surface area contributed by atoms with Crippen LogP contribution < -0.4 is 4.90 Å². The van der Waals surface area contributed by atoms with Crippen molar-refractivity contribution in [2.75, 3.05) is 4.90 Å². The maximum atomic E-state index is 6.53. The predicted octanol–water partition coefficient (Wildman–Crippen LogP) is 18.1. The Morgan fingerprint density at radius 3 is 1.84 bits per heavy atom. The maximum Gasteiger partial charge on any atom is 0.137 e. The van der Waals surface area contributed by atoms with Gasteiger partial charge >= 0.3 is 0 Å². The van der Waals surface area contributed by atoms with Crippen LogP contribution in [0.5, 0.6) is 0 Å². The zero-order chi connectivity index (χ0) is 48.5. The summed E-state index contributed by atoms with van der Waals surface area (Å²) in [7, 11) is 0. The molecule has 15 rings (SSSR count). The minimum atomic E-state index is -0.547. The first-order valence-electron chi connectivity index (χ1n) is 26.1. The summed E-state index contributed by atoms with van der Waals surface area (Å²) in [5.41, 5.74) is 22.7. The monoisotopic (exact) mass is 935 g/mol. The van der Waals surface area contributed by atoms with Gasteiger partial charge in [0.15, 0.2) is 0 Å². The normalized spacial score (nSPS) is 21.3. The highest BCUT2D eigenvalue weighted by molar-refractivity contribution is 6.06. The predicted molar refractivity (Wildman–Crippen MR) is 301 cm³/mol. The lowest BCUT2D eigenvalue weighted by Crippen LogP contribution is -2.45. The van der Waals surface area contributed by atoms with Gasteiger partial charge in [0.05, 0.1) is 10.8 Å².